The monoisotopic (exact) mass is 357 g/mol. The number of aromatic nitrogens is 2. The second-order valence-corrected chi connectivity index (χ2v) is 6.25. The summed E-state index contributed by atoms with van der Waals surface area (Å²) in [6.07, 6.45) is 0. The van der Waals surface area contributed by atoms with Crippen molar-refractivity contribution >= 4 is 27.8 Å². The number of hydrogen-bond acceptors (Lipinski definition) is 4. The van der Waals surface area contributed by atoms with Gasteiger partial charge in [0.2, 0.25) is 0 Å². The smallest absolute Gasteiger partial charge is 0.337 e. The zero-order chi connectivity index (χ0) is 19.0. The van der Waals surface area contributed by atoms with Crippen LogP contribution in [0.5, 0.6) is 0 Å². The van der Waals surface area contributed by atoms with Gasteiger partial charge < -0.3 is 9.72 Å². The van der Waals surface area contributed by atoms with Crippen LogP contribution < -0.4 is 5.69 Å². The molecule has 0 amide bonds. The number of imidazole rings is 1. The molecule has 0 fully saturated rings. The Kier molecular flexibility index (Phi) is 3.98. The van der Waals surface area contributed by atoms with E-state index in [2.05, 4.69) is 11.1 Å². The molecule has 6 heteroatoms. The molecule has 0 unspecified atom stereocenters. The highest BCUT2D eigenvalue weighted by molar-refractivity contribution is 5.93. The van der Waals surface area contributed by atoms with E-state index in [0.717, 1.165) is 16.3 Å². The number of nitrogens with one attached hydrogen (secondary N) is 1. The molecule has 1 aromatic heterocycles. The molecule has 0 aliphatic carbocycles. The highest BCUT2D eigenvalue weighted by Crippen LogP contribution is 2.20. The van der Waals surface area contributed by atoms with E-state index in [1.165, 1.54) is 7.11 Å². The topological polar surface area (TPSA) is 87.9 Å². The van der Waals surface area contributed by atoms with E-state index in [9.17, 15) is 9.59 Å². The number of hydrogen-bond donors (Lipinski definition) is 1. The first-order valence-electron chi connectivity index (χ1n) is 8.33. The summed E-state index contributed by atoms with van der Waals surface area (Å²) in [7, 11) is 1.32. The minimum absolute atomic E-state index is 0.252. The predicted octanol–water partition coefficient (Wildman–Crippen LogP) is 3.19. The first kappa shape index (κ1) is 16.6. The van der Waals surface area contributed by atoms with Gasteiger partial charge in [-0.3, -0.25) is 4.57 Å². The Morgan fingerprint density at radius 2 is 1.93 bits per heavy atom. The molecule has 0 bridgehead atoms. The highest BCUT2D eigenvalue weighted by atomic mass is 16.5. The van der Waals surface area contributed by atoms with Gasteiger partial charge in [-0.25, -0.2) is 9.59 Å². The van der Waals surface area contributed by atoms with Gasteiger partial charge in [0, 0.05) is 0 Å². The third kappa shape index (κ3) is 2.96. The molecule has 27 heavy (non-hydrogen) atoms. The zero-order valence-electron chi connectivity index (χ0n) is 14.5. The molecule has 1 N–H and O–H groups in total. The Bertz CT molecular complexity index is 1290. The second kappa shape index (κ2) is 6.46. The van der Waals surface area contributed by atoms with E-state index in [0.29, 0.717) is 28.7 Å². The maximum absolute atomic E-state index is 12.4. The van der Waals surface area contributed by atoms with Crippen molar-refractivity contribution in [2.45, 2.75) is 6.54 Å². The maximum atomic E-state index is 12.4. The number of ether oxygens (including phenoxy) is 1. The van der Waals surface area contributed by atoms with E-state index >= 15 is 0 Å². The summed E-state index contributed by atoms with van der Waals surface area (Å²) in [5.41, 5.74) is 2.93. The number of carbonyl (C=O) groups is 1. The number of methoxy groups -OCH3 is 1. The molecule has 1 heterocycles. The molecule has 6 nitrogen and oxygen atoms in total. The molecule has 0 saturated carbocycles. The van der Waals surface area contributed by atoms with Crippen molar-refractivity contribution in [2.75, 3.05) is 7.11 Å². The van der Waals surface area contributed by atoms with E-state index in [1.54, 1.807) is 28.8 Å². The lowest BCUT2D eigenvalue weighted by molar-refractivity contribution is 0.0601. The van der Waals surface area contributed by atoms with Gasteiger partial charge in [-0.05, 0) is 52.7 Å². The zero-order valence-corrected chi connectivity index (χ0v) is 14.5. The van der Waals surface area contributed by atoms with E-state index in [4.69, 9.17) is 10.00 Å². The Labute approximate surface area is 154 Å². The Morgan fingerprint density at radius 1 is 1.11 bits per heavy atom. The number of fused-ring (bicyclic) bond motifs is 2. The fourth-order valence-corrected chi connectivity index (χ4v) is 3.20. The van der Waals surface area contributed by atoms with Gasteiger partial charge in [-0.1, -0.05) is 18.2 Å². The van der Waals surface area contributed by atoms with Crippen LogP contribution in [0.4, 0.5) is 0 Å². The minimum atomic E-state index is -0.452. The average molecular weight is 357 g/mol. The standard InChI is InChI=1S/C21H15N3O3/c1-27-20(25)16-6-7-18-19(10-16)24(21(26)23-18)12-14-3-5-15-4-2-13(11-22)8-17(15)9-14/h2-10H,12H2,1H3,(H,23,26). The molecule has 132 valence electrons. The highest BCUT2D eigenvalue weighted by Gasteiger charge is 2.12. The van der Waals surface area contributed by atoms with Crippen LogP contribution >= 0.6 is 0 Å². The molecule has 0 atom stereocenters. The van der Waals surface area contributed by atoms with E-state index < -0.39 is 5.97 Å². The number of esters is 1. The van der Waals surface area contributed by atoms with E-state index in [1.807, 2.05) is 30.3 Å². The molecule has 0 spiro atoms. The summed E-state index contributed by atoms with van der Waals surface area (Å²) < 4.78 is 6.34. The summed E-state index contributed by atoms with van der Waals surface area (Å²) in [6, 6.07) is 18.5. The van der Waals surface area contributed by atoms with Crippen LogP contribution in [0.1, 0.15) is 21.5 Å². The SMILES string of the molecule is COC(=O)c1ccc2[nH]c(=O)n(Cc3ccc4ccc(C#N)cc4c3)c2c1. The molecule has 0 aliphatic rings. The number of carbonyl (C=O) groups excluding carboxylic acids is 1. The third-order valence-corrected chi connectivity index (χ3v) is 4.57. The second-order valence-electron chi connectivity index (χ2n) is 6.25. The van der Waals surface area contributed by atoms with Gasteiger partial charge in [0.25, 0.3) is 0 Å². The van der Waals surface area contributed by atoms with E-state index in [-0.39, 0.29) is 5.69 Å². The summed E-state index contributed by atoms with van der Waals surface area (Å²) in [6.45, 7) is 0.343. The van der Waals surface area contributed by atoms with Crippen LogP contribution in [0.15, 0.2) is 59.4 Å². The molecular formula is C21H15N3O3. The van der Waals surface area contributed by atoms with Gasteiger partial charge in [-0.15, -0.1) is 0 Å². The molecule has 0 radical (unpaired) electrons. The van der Waals surface area contributed by atoms with Crippen molar-refractivity contribution in [2.24, 2.45) is 0 Å². The number of H-pyrrole nitrogens is 1. The first-order chi connectivity index (χ1) is 13.1. The third-order valence-electron chi connectivity index (χ3n) is 4.57. The van der Waals surface area contributed by atoms with Crippen molar-refractivity contribution in [3.8, 4) is 6.07 Å². The number of rotatable bonds is 3. The van der Waals surface area contributed by atoms with Crippen molar-refractivity contribution in [3.05, 3.63) is 81.8 Å². The van der Waals surface area contributed by atoms with Gasteiger partial charge in [0.1, 0.15) is 0 Å². The van der Waals surface area contributed by atoms with Crippen LogP contribution in [-0.2, 0) is 11.3 Å². The quantitative estimate of drug-likeness (QED) is 0.570. The van der Waals surface area contributed by atoms with Crippen LogP contribution in [0.2, 0.25) is 0 Å². The number of nitrogens with zero attached hydrogens (tertiary/aromatic N) is 2. The molecule has 3 aromatic carbocycles. The number of benzene rings is 3. The molecule has 0 saturated heterocycles. The van der Waals surface area contributed by atoms with Crippen LogP contribution in [-0.4, -0.2) is 22.6 Å². The Morgan fingerprint density at radius 3 is 2.70 bits per heavy atom. The average Bonchev–Trinajstić information content (AvgIpc) is 3.01. The fraction of sp³-hybridized carbons (Fsp3) is 0.0952. The van der Waals surface area contributed by atoms with Crippen molar-refractivity contribution in [1.82, 2.24) is 9.55 Å². The van der Waals surface area contributed by atoms with Crippen molar-refractivity contribution < 1.29 is 9.53 Å². The summed E-state index contributed by atoms with van der Waals surface area (Å²) >= 11 is 0. The molecule has 4 aromatic rings. The van der Waals surface area contributed by atoms with Gasteiger partial charge in [0.05, 0.1) is 41.9 Å². The molecular weight excluding hydrogens is 342 g/mol. The number of nitriles is 1. The van der Waals surface area contributed by atoms with Crippen LogP contribution in [0.25, 0.3) is 21.8 Å². The summed E-state index contributed by atoms with van der Waals surface area (Å²) in [5.74, 6) is -0.452. The maximum Gasteiger partial charge on any atom is 0.337 e. The van der Waals surface area contributed by atoms with Crippen LogP contribution in [0.3, 0.4) is 0 Å². The fourth-order valence-electron chi connectivity index (χ4n) is 3.20. The van der Waals surface area contributed by atoms with Crippen molar-refractivity contribution in [3.63, 3.8) is 0 Å². The summed E-state index contributed by atoms with van der Waals surface area (Å²) in [4.78, 5) is 27.0. The Balaban J connectivity index is 1.79. The lowest BCUT2D eigenvalue weighted by atomic mass is 10.0. The predicted molar refractivity (Wildman–Crippen MR) is 102 cm³/mol. The van der Waals surface area contributed by atoms with Crippen molar-refractivity contribution in [1.29, 1.82) is 5.26 Å². The van der Waals surface area contributed by atoms with Gasteiger partial charge in [-0.2, -0.15) is 5.26 Å². The number of aromatic amines is 1. The van der Waals surface area contributed by atoms with Gasteiger partial charge in [0.15, 0.2) is 0 Å². The largest absolute Gasteiger partial charge is 0.465 e. The lowest BCUT2D eigenvalue weighted by Gasteiger charge is -2.07. The first-order valence-corrected chi connectivity index (χ1v) is 8.33. The molecule has 4 rings (SSSR count). The minimum Gasteiger partial charge on any atom is -0.465 e. The molecule has 0 aliphatic heterocycles. The summed E-state index contributed by atoms with van der Waals surface area (Å²) in [5, 5.41) is 11.0. The normalized spacial score (nSPS) is 10.8. The lowest BCUT2D eigenvalue weighted by Crippen LogP contribution is -2.17. The van der Waals surface area contributed by atoms with Crippen LogP contribution in [0, 0.1) is 11.3 Å². The Hall–Kier alpha value is -3.85. The van der Waals surface area contributed by atoms with Gasteiger partial charge >= 0.3 is 11.7 Å².